The van der Waals surface area contributed by atoms with Gasteiger partial charge in [-0.1, -0.05) is 15.9 Å². The van der Waals surface area contributed by atoms with E-state index in [1.54, 1.807) is 0 Å². The summed E-state index contributed by atoms with van der Waals surface area (Å²) >= 11 is 3.33. The Morgan fingerprint density at radius 1 is 1.19 bits per heavy atom. The molecule has 1 atom stereocenters. The van der Waals surface area contributed by atoms with Crippen LogP contribution in [0.1, 0.15) is 44.9 Å². The van der Waals surface area contributed by atoms with Gasteiger partial charge in [-0.05, 0) is 68.1 Å². The van der Waals surface area contributed by atoms with Crippen molar-refractivity contribution in [2.45, 2.75) is 49.8 Å². The molecule has 0 aliphatic heterocycles. The van der Waals surface area contributed by atoms with Crippen LogP contribution in [0.5, 0.6) is 0 Å². The zero-order valence-electron chi connectivity index (χ0n) is 9.49. The molecule has 0 aromatic heterocycles. The van der Waals surface area contributed by atoms with Crippen LogP contribution in [0, 0.1) is 23.2 Å². The van der Waals surface area contributed by atoms with Crippen LogP contribution in [0.15, 0.2) is 0 Å². The fourth-order valence-electron chi connectivity index (χ4n) is 5.01. The first-order valence-electron chi connectivity index (χ1n) is 6.43. The van der Waals surface area contributed by atoms with E-state index in [4.69, 9.17) is 5.11 Å². The first-order valence-corrected chi connectivity index (χ1v) is 7.35. The molecule has 0 heterocycles. The second-order valence-electron chi connectivity index (χ2n) is 6.43. The molecule has 4 aliphatic carbocycles. The number of carbonyl (C=O) groups is 1. The molecule has 0 saturated heterocycles. The Morgan fingerprint density at radius 3 is 2.00 bits per heavy atom. The normalized spacial score (nSPS) is 46.9. The summed E-state index contributed by atoms with van der Waals surface area (Å²) in [6.45, 7) is 0. The van der Waals surface area contributed by atoms with Gasteiger partial charge in [-0.2, -0.15) is 0 Å². The van der Waals surface area contributed by atoms with Gasteiger partial charge in [0.15, 0.2) is 0 Å². The molecule has 16 heavy (non-hydrogen) atoms. The average Bonchev–Trinajstić information content (AvgIpc) is 2.13. The van der Waals surface area contributed by atoms with Gasteiger partial charge in [0.2, 0.25) is 0 Å². The number of halogens is 1. The van der Waals surface area contributed by atoms with E-state index in [1.165, 1.54) is 38.5 Å². The highest BCUT2D eigenvalue weighted by Gasteiger charge is 2.51. The minimum Gasteiger partial charge on any atom is -0.480 e. The van der Waals surface area contributed by atoms with Crippen molar-refractivity contribution in [2.24, 2.45) is 23.2 Å². The Bertz CT molecular complexity index is 278. The van der Waals surface area contributed by atoms with Crippen LogP contribution in [-0.4, -0.2) is 15.9 Å². The first-order chi connectivity index (χ1) is 7.56. The third-order valence-corrected chi connectivity index (χ3v) is 5.76. The lowest BCUT2D eigenvalue weighted by Crippen LogP contribution is -2.47. The van der Waals surface area contributed by atoms with Crippen LogP contribution in [0.4, 0.5) is 0 Å². The molecule has 0 radical (unpaired) electrons. The van der Waals surface area contributed by atoms with E-state index in [9.17, 15) is 4.79 Å². The molecule has 3 heteroatoms. The van der Waals surface area contributed by atoms with Gasteiger partial charge in [0.1, 0.15) is 4.83 Å². The summed E-state index contributed by atoms with van der Waals surface area (Å²) in [5.74, 6) is 2.06. The van der Waals surface area contributed by atoms with Crippen LogP contribution < -0.4 is 0 Å². The van der Waals surface area contributed by atoms with Crippen molar-refractivity contribution < 1.29 is 9.90 Å². The number of rotatable bonds is 3. The molecule has 4 saturated carbocycles. The molecule has 4 fully saturated rings. The minimum absolute atomic E-state index is 0.330. The number of hydrogen-bond donors (Lipinski definition) is 1. The predicted molar refractivity (Wildman–Crippen MR) is 65.6 cm³/mol. The summed E-state index contributed by atoms with van der Waals surface area (Å²) in [6, 6.07) is 0. The first kappa shape index (κ1) is 11.1. The molecule has 1 N–H and O–H groups in total. The lowest BCUT2D eigenvalue weighted by molar-refractivity contribution is -0.138. The van der Waals surface area contributed by atoms with E-state index in [2.05, 4.69) is 15.9 Å². The summed E-state index contributed by atoms with van der Waals surface area (Å²) in [7, 11) is 0. The van der Waals surface area contributed by atoms with Gasteiger partial charge in [-0.25, -0.2) is 0 Å². The minimum atomic E-state index is -0.684. The molecule has 0 unspecified atom stereocenters. The van der Waals surface area contributed by atoms with E-state index in [1.807, 2.05) is 0 Å². The topological polar surface area (TPSA) is 37.3 Å². The maximum Gasteiger partial charge on any atom is 0.317 e. The second kappa shape index (κ2) is 3.72. The maximum absolute atomic E-state index is 11.0. The summed E-state index contributed by atoms with van der Waals surface area (Å²) in [5, 5.41) is 9.04. The number of hydrogen-bond acceptors (Lipinski definition) is 1. The molecule has 4 rings (SSSR count). The van der Waals surface area contributed by atoms with Crippen LogP contribution >= 0.6 is 15.9 Å². The Labute approximate surface area is 105 Å². The second-order valence-corrected chi connectivity index (χ2v) is 7.53. The van der Waals surface area contributed by atoms with E-state index in [0.29, 0.717) is 5.41 Å². The van der Waals surface area contributed by atoms with Gasteiger partial charge in [0, 0.05) is 0 Å². The van der Waals surface area contributed by atoms with Crippen LogP contribution in [0.25, 0.3) is 0 Å². The molecular formula is C13H19BrO2. The van der Waals surface area contributed by atoms with Gasteiger partial charge >= 0.3 is 5.97 Å². The van der Waals surface area contributed by atoms with E-state index in [-0.39, 0.29) is 4.83 Å². The smallest absolute Gasteiger partial charge is 0.317 e. The summed E-state index contributed by atoms with van der Waals surface area (Å²) in [4.78, 5) is 10.6. The van der Waals surface area contributed by atoms with Gasteiger partial charge in [-0.3, -0.25) is 4.79 Å². The molecule has 2 nitrogen and oxygen atoms in total. The third kappa shape index (κ3) is 1.81. The van der Waals surface area contributed by atoms with Gasteiger partial charge < -0.3 is 5.11 Å². The fourth-order valence-corrected chi connectivity index (χ4v) is 5.69. The summed E-state index contributed by atoms with van der Waals surface area (Å²) < 4.78 is 0. The van der Waals surface area contributed by atoms with E-state index in [0.717, 1.165) is 24.2 Å². The van der Waals surface area contributed by atoms with Crippen LogP contribution in [0.2, 0.25) is 0 Å². The molecule has 4 bridgehead atoms. The monoisotopic (exact) mass is 286 g/mol. The lowest BCUT2D eigenvalue weighted by Gasteiger charge is -2.57. The Morgan fingerprint density at radius 2 is 1.62 bits per heavy atom. The largest absolute Gasteiger partial charge is 0.480 e. The van der Waals surface area contributed by atoms with Crippen molar-refractivity contribution in [3.63, 3.8) is 0 Å². The number of carboxylic acids is 1. The molecule has 0 aromatic rings. The average molecular weight is 287 g/mol. The number of carboxylic acid groups (broad SMARTS) is 1. The molecule has 4 aliphatic rings. The van der Waals surface area contributed by atoms with Crippen molar-refractivity contribution >= 4 is 21.9 Å². The molecular weight excluding hydrogens is 268 g/mol. The Kier molecular flexibility index (Phi) is 2.58. The third-order valence-electron chi connectivity index (χ3n) is 5.05. The highest BCUT2D eigenvalue weighted by molar-refractivity contribution is 9.10. The van der Waals surface area contributed by atoms with Crippen molar-refractivity contribution in [3.8, 4) is 0 Å². The standard InChI is InChI=1S/C13H19BrO2/c14-11(12(15)16)7-13-4-8-1-9(5-13)3-10(2-8)6-13/h8-11H,1-7H2,(H,15,16)/t8?,9?,10?,11-,13?/m0/s1. The molecule has 90 valence electrons. The molecule has 0 spiro atoms. The zero-order chi connectivity index (χ0) is 11.3. The van der Waals surface area contributed by atoms with Crippen molar-refractivity contribution in [1.82, 2.24) is 0 Å². The molecule has 0 amide bonds. The summed E-state index contributed by atoms with van der Waals surface area (Å²) in [5.41, 5.74) is 0.376. The zero-order valence-corrected chi connectivity index (χ0v) is 11.1. The number of alkyl halides is 1. The van der Waals surface area contributed by atoms with Gasteiger partial charge in [0.25, 0.3) is 0 Å². The number of aliphatic carboxylic acids is 1. The van der Waals surface area contributed by atoms with Gasteiger partial charge in [-0.15, -0.1) is 0 Å². The lowest BCUT2D eigenvalue weighted by atomic mass is 9.48. The van der Waals surface area contributed by atoms with Gasteiger partial charge in [0.05, 0.1) is 0 Å². The van der Waals surface area contributed by atoms with Crippen molar-refractivity contribution in [2.75, 3.05) is 0 Å². The van der Waals surface area contributed by atoms with Crippen molar-refractivity contribution in [3.05, 3.63) is 0 Å². The van der Waals surface area contributed by atoms with Crippen LogP contribution in [-0.2, 0) is 4.79 Å². The Hall–Kier alpha value is -0.0500. The SMILES string of the molecule is O=C(O)[C@@H](Br)CC12CC3CC(CC(C3)C1)C2. The van der Waals surface area contributed by atoms with Crippen molar-refractivity contribution in [1.29, 1.82) is 0 Å². The quantitative estimate of drug-likeness (QED) is 0.807. The maximum atomic E-state index is 11.0. The highest BCUT2D eigenvalue weighted by Crippen LogP contribution is 2.61. The van der Waals surface area contributed by atoms with Crippen LogP contribution in [0.3, 0.4) is 0 Å². The van der Waals surface area contributed by atoms with E-state index < -0.39 is 5.97 Å². The Balaban J connectivity index is 1.76. The molecule has 0 aromatic carbocycles. The predicted octanol–water partition coefficient (Wildman–Crippen LogP) is 3.44. The highest BCUT2D eigenvalue weighted by atomic mass is 79.9. The summed E-state index contributed by atoms with van der Waals surface area (Å²) in [6.07, 6.45) is 9.04. The fraction of sp³-hybridized carbons (Fsp3) is 0.923. The van der Waals surface area contributed by atoms with E-state index >= 15 is 0 Å².